The van der Waals surface area contributed by atoms with Crippen LogP contribution in [0.3, 0.4) is 0 Å². The van der Waals surface area contributed by atoms with Gasteiger partial charge in [-0.25, -0.2) is 0 Å². The molecule has 0 spiro atoms. The lowest BCUT2D eigenvalue weighted by Crippen LogP contribution is -2.11. The molecule has 1 aromatic carbocycles. The zero-order valence-electron chi connectivity index (χ0n) is 12.9. The van der Waals surface area contributed by atoms with E-state index in [-0.39, 0.29) is 12.4 Å². The highest BCUT2D eigenvalue weighted by Crippen LogP contribution is 2.25. The van der Waals surface area contributed by atoms with Gasteiger partial charge in [0.25, 0.3) is 0 Å². The Morgan fingerprint density at radius 3 is 2.65 bits per heavy atom. The van der Waals surface area contributed by atoms with Gasteiger partial charge in [0.15, 0.2) is 0 Å². The summed E-state index contributed by atoms with van der Waals surface area (Å²) in [5.41, 5.74) is 2.22. The molecule has 0 aliphatic rings. The molecule has 0 aliphatic carbocycles. The lowest BCUT2D eigenvalue weighted by atomic mass is 10.2. The van der Waals surface area contributed by atoms with Gasteiger partial charge in [0.1, 0.15) is 17.3 Å². The minimum Gasteiger partial charge on any atom is -0.497 e. The molecule has 4 nitrogen and oxygen atoms in total. The molecule has 0 aliphatic heterocycles. The van der Waals surface area contributed by atoms with Gasteiger partial charge in [0.2, 0.25) is 0 Å². The molecule has 0 radical (unpaired) electrons. The average Bonchev–Trinajstić information content (AvgIpc) is 3.05. The van der Waals surface area contributed by atoms with Crippen LogP contribution < -0.4 is 10.1 Å². The van der Waals surface area contributed by atoms with E-state index in [4.69, 9.17) is 9.15 Å². The highest BCUT2D eigenvalue weighted by Gasteiger charge is 2.05. The van der Waals surface area contributed by atoms with Gasteiger partial charge in [-0.1, -0.05) is 12.1 Å². The van der Waals surface area contributed by atoms with Crippen LogP contribution in [0.25, 0.3) is 11.3 Å². The predicted molar refractivity (Wildman–Crippen MR) is 92.7 cm³/mol. The number of hydrogen-bond acceptors (Lipinski definition) is 4. The summed E-state index contributed by atoms with van der Waals surface area (Å²) in [5.74, 6) is 2.58. The molecule has 0 atom stereocenters. The number of ether oxygens (including phenoxy) is 1. The fourth-order valence-electron chi connectivity index (χ4n) is 2.24. The van der Waals surface area contributed by atoms with E-state index in [2.05, 4.69) is 10.3 Å². The van der Waals surface area contributed by atoms with Crippen molar-refractivity contribution in [3.8, 4) is 17.1 Å². The third kappa shape index (κ3) is 4.58. The average molecular weight is 331 g/mol. The summed E-state index contributed by atoms with van der Waals surface area (Å²) in [7, 11) is 1.66. The molecule has 120 valence electrons. The Morgan fingerprint density at radius 1 is 1.04 bits per heavy atom. The number of halogens is 1. The van der Waals surface area contributed by atoms with Crippen molar-refractivity contribution < 1.29 is 9.15 Å². The summed E-state index contributed by atoms with van der Waals surface area (Å²) in [6.45, 7) is 1.48. The van der Waals surface area contributed by atoms with E-state index in [0.717, 1.165) is 29.4 Å². The Morgan fingerprint density at radius 2 is 1.87 bits per heavy atom. The second-order valence-corrected chi connectivity index (χ2v) is 4.96. The number of hydrogen-bond donors (Lipinski definition) is 1. The van der Waals surface area contributed by atoms with Crippen LogP contribution in [0.2, 0.25) is 0 Å². The van der Waals surface area contributed by atoms with Gasteiger partial charge >= 0.3 is 0 Å². The Bertz CT molecular complexity index is 729. The standard InChI is InChI=1S/C18H18N2O2.ClH/c1-21-16-4-2-3-15(11-16)18-6-5-17(22-18)13-20-12-14-7-9-19-10-8-14;/h2-11,20H,12-13H2,1H3;1H. The van der Waals surface area contributed by atoms with Gasteiger partial charge in [-0.2, -0.15) is 0 Å². The van der Waals surface area contributed by atoms with Crippen LogP contribution in [0.4, 0.5) is 0 Å². The van der Waals surface area contributed by atoms with Gasteiger partial charge in [-0.05, 0) is 42.0 Å². The fourth-order valence-corrected chi connectivity index (χ4v) is 2.24. The Hall–Kier alpha value is -2.30. The first-order valence-electron chi connectivity index (χ1n) is 7.18. The van der Waals surface area contributed by atoms with Crippen molar-refractivity contribution in [1.82, 2.24) is 10.3 Å². The first-order valence-corrected chi connectivity index (χ1v) is 7.18. The van der Waals surface area contributed by atoms with Crippen molar-refractivity contribution >= 4 is 12.4 Å². The molecular weight excluding hydrogens is 312 g/mol. The zero-order chi connectivity index (χ0) is 15.2. The number of methoxy groups -OCH3 is 1. The largest absolute Gasteiger partial charge is 0.497 e. The molecular formula is C18H19ClN2O2. The molecule has 23 heavy (non-hydrogen) atoms. The Kier molecular flexibility index (Phi) is 6.20. The zero-order valence-corrected chi connectivity index (χ0v) is 13.7. The number of pyridine rings is 1. The minimum absolute atomic E-state index is 0. The van der Waals surface area contributed by atoms with Gasteiger partial charge < -0.3 is 14.5 Å². The molecule has 0 saturated heterocycles. The molecule has 0 unspecified atom stereocenters. The van der Waals surface area contributed by atoms with E-state index in [1.807, 2.05) is 48.5 Å². The van der Waals surface area contributed by atoms with Crippen molar-refractivity contribution in [2.45, 2.75) is 13.1 Å². The lowest BCUT2D eigenvalue weighted by molar-refractivity contribution is 0.414. The summed E-state index contributed by atoms with van der Waals surface area (Å²) in [6.07, 6.45) is 3.59. The van der Waals surface area contributed by atoms with Crippen molar-refractivity contribution in [2.75, 3.05) is 7.11 Å². The molecule has 0 saturated carbocycles. The minimum atomic E-state index is 0. The van der Waals surface area contributed by atoms with Crippen molar-refractivity contribution in [3.05, 3.63) is 72.2 Å². The maximum Gasteiger partial charge on any atom is 0.134 e. The topological polar surface area (TPSA) is 47.3 Å². The van der Waals surface area contributed by atoms with Crippen LogP contribution in [-0.2, 0) is 13.1 Å². The summed E-state index contributed by atoms with van der Waals surface area (Å²) in [4.78, 5) is 4.01. The number of nitrogens with one attached hydrogen (secondary N) is 1. The van der Waals surface area contributed by atoms with Crippen molar-refractivity contribution in [3.63, 3.8) is 0 Å². The summed E-state index contributed by atoms with van der Waals surface area (Å²) >= 11 is 0. The second kappa shape index (κ2) is 8.36. The van der Waals surface area contributed by atoms with E-state index >= 15 is 0 Å². The second-order valence-electron chi connectivity index (χ2n) is 4.96. The lowest BCUT2D eigenvalue weighted by Gasteiger charge is -2.03. The maximum absolute atomic E-state index is 5.88. The van der Waals surface area contributed by atoms with Crippen LogP contribution in [-0.4, -0.2) is 12.1 Å². The third-order valence-electron chi connectivity index (χ3n) is 3.39. The van der Waals surface area contributed by atoms with Crippen molar-refractivity contribution in [2.24, 2.45) is 0 Å². The van der Waals surface area contributed by atoms with E-state index in [9.17, 15) is 0 Å². The van der Waals surface area contributed by atoms with Crippen LogP contribution in [0.15, 0.2) is 65.3 Å². The van der Waals surface area contributed by atoms with Gasteiger partial charge in [0.05, 0.1) is 13.7 Å². The van der Waals surface area contributed by atoms with E-state index < -0.39 is 0 Å². The molecule has 3 aromatic rings. The predicted octanol–water partition coefficient (Wildman–Crippen LogP) is 4.06. The van der Waals surface area contributed by atoms with E-state index in [1.54, 1.807) is 19.5 Å². The molecule has 5 heteroatoms. The molecule has 2 aromatic heterocycles. The fraction of sp³-hybridized carbons (Fsp3) is 0.167. The first-order chi connectivity index (χ1) is 10.8. The van der Waals surface area contributed by atoms with Crippen LogP contribution >= 0.6 is 12.4 Å². The normalized spacial score (nSPS) is 10.1. The summed E-state index contributed by atoms with van der Waals surface area (Å²) in [6, 6.07) is 15.8. The van der Waals surface area contributed by atoms with E-state index in [0.29, 0.717) is 6.54 Å². The molecule has 2 heterocycles. The number of furan rings is 1. The summed E-state index contributed by atoms with van der Waals surface area (Å²) in [5, 5.41) is 3.36. The maximum atomic E-state index is 5.88. The van der Waals surface area contributed by atoms with Gasteiger partial charge in [-0.3, -0.25) is 4.98 Å². The monoisotopic (exact) mass is 330 g/mol. The smallest absolute Gasteiger partial charge is 0.134 e. The van der Waals surface area contributed by atoms with Crippen LogP contribution in [0.1, 0.15) is 11.3 Å². The molecule has 0 fully saturated rings. The highest BCUT2D eigenvalue weighted by molar-refractivity contribution is 5.85. The Labute approximate surface area is 141 Å². The quantitative estimate of drug-likeness (QED) is 0.740. The molecule has 1 N–H and O–H groups in total. The SMILES string of the molecule is COc1cccc(-c2ccc(CNCc3ccncc3)o2)c1.Cl. The van der Waals surface area contributed by atoms with Crippen molar-refractivity contribution in [1.29, 1.82) is 0 Å². The van der Waals surface area contributed by atoms with Gasteiger partial charge in [-0.15, -0.1) is 12.4 Å². The molecule has 0 amide bonds. The van der Waals surface area contributed by atoms with Crippen LogP contribution in [0.5, 0.6) is 5.75 Å². The number of benzene rings is 1. The number of nitrogens with zero attached hydrogens (tertiary/aromatic N) is 1. The third-order valence-corrected chi connectivity index (χ3v) is 3.39. The Balaban J connectivity index is 0.00000192. The summed E-state index contributed by atoms with van der Waals surface area (Å²) < 4.78 is 11.1. The van der Waals surface area contributed by atoms with Crippen LogP contribution in [0, 0.1) is 0 Å². The molecule has 0 bridgehead atoms. The molecule has 3 rings (SSSR count). The first kappa shape index (κ1) is 17.1. The van der Waals surface area contributed by atoms with E-state index in [1.165, 1.54) is 5.56 Å². The van der Waals surface area contributed by atoms with Gasteiger partial charge in [0, 0.05) is 24.5 Å². The number of aromatic nitrogens is 1. The number of rotatable bonds is 6. The highest BCUT2D eigenvalue weighted by atomic mass is 35.5.